The van der Waals surface area contributed by atoms with Gasteiger partial charge in [-0.1, -0.05) is 12.1 Å². The van der Waals surface area contributed by atoms with Gasteiger partial charge >= 0.3 is 5.97 Å². The molecule has 0 aliphatic heterocycles. The van der Waals surface area contributed by atoms with Crippen LogP contribution >= 0.6 is 0 Å². The third-order valence-electron chi connectivity index (χ3n) is 2.68. The number of carboxylic acids is 1. The second kappa shape index (κ2) is 5.56. The number of hydrogen-bond donors (Lipinski definition) is 2. The molecule has 0 bridgehead atoms. The van der Waals surface area contributed by atoms with Gasteiger partial charge in [-0.05, 0) is 18.2 Å². The van der Waals surface area contributed by atoms with Gasteiger partial charge in [-0.2, -0.15) is 0 Å². The Kier molecular flexibility index (Phi) is 3.84. The molecule has 0 heterocycles. The molecule has 4 nitrogen and oxygen atoms in total. The Morgan fingerprint density at radius 1 is 1.25 bits per heavy atom. The Hall–Kier alpha value is -2.63. The number of rotatable bonds is 4. The molecule has 20 heavy (non-hydrogen) atoms. The molecular weight excluding hydrogens is 268 g/mol. The molecule has 0 spiro atoms. The molecule has 0 amide bonds. The Morgan fingerprint density at radius 2 is 2.00 bits per heavy atom. The number of benzene rings is 2. The number of nitrogen functional groups attached to an aromatic ring is 1. The molecule has 0 saturated carbocycles. The zero-order chi connectivity index (χ0) is 14.7. The van der Waals surface area contributed by atoms with Crippen molar-refractivity contribution >= 4 is 11.7 Å². The number of carboxylic acid groups (broad SMARTS) is 1. The molecule has 0 unspecified atom stereocenters. The molecule has 0 fully saturated rings. The van der Waals surface area contributed by atoms with Gasteiger partial charge in [0.05, 0.1) is 5.56 Å². The molecule has 104 valence electrons. The van der Waals surface area contributed by atoms with Gasteiger partial charge in [0.15, 0.2) is 11.6 Å². The summed E-state index contributed by atoms with van der Waals surface area (Å²) in [6.45, 7) is -0.185. The fraction of sp³-hybridized carbons (Fsp3) is 0.0714. The van der Waals surface area contributed by atoms with Gasteiger partial charge in [0.1, 0.15) is 12.4 Å². The van der Waals surface area contributed by atoms with Crippen molar-refractivity contribution < 1.29 is 23.4 Å². The zero-order valence-corrected chi connectivity index (χ0v) is 10.3. The second-order valence-electron chi connectivity index (χ2n) is 4.06. The van der Waals surface area contributed by atoms with E-state index in [4.69, 9.17) is 15.6 Å². The summed E-state index contributed by atoms with van der Waals surface area (Å²) in [6.07, 6.45) is 0. The summed E-state index contributed by atoms with van der Waals surface area (Å²) in [7, 11) is 0. The average Bonchev–Trinajstić information content (AvgIpc) is 2.40. The van der Waals surface area contributed by atoms with Crippen molar-refractivity contribution in [3.05, 3.63) is 59.2 Å². The van der Waals surface area contributed by atoms with Gasteiger partial charge in [-0.3, -0.25) is 0 Å². The minimum atomic E-state index is -1.15. The van der Waals surface area contributed by atoms with Crippen LogP contribution in [0.1, 0.15) is 15.9 Å². The lowest BCUT2D eigenvalue weighted by molar-refractivity contribution is 0.0698. The van der Waals surface area contributed by atoms with Gasteiger partial charge in [-0.15, -0.1) is 0 Å². The highest BCUT2D eigenvalue weighted by Crippen LogP contribution is 2.21. The molecule has 0 aromatic heterocycles. The number of ether oxygens (including phenoxy) is 1. The van der Waals surface area contributed by atoms with Crippen LogP contribution in [-0.2, 0) is 6.61 Å². The largest absolute Gasteiger partial charge is 0.489 e. The van der Waals surface area contributed by atoms with Crippen molar-refractivity contribution in [3.8, 4) is 5.75 Å². The SMILES string of the molecule is Nc1cc(OCc2cccc(F)c2F)ccc1C(=O)O. The highest BCUT2D eigenvalue weighted by Gasteiger charge is 2.10. The molecule has 2 aromatic rings. The number of carbonyl (C=O) groups is 1. The van der Waals surface area contributed by atoms with Crippen LogP contribution in [0.5, 0.6) is 5.75 Å². The van der Waals surface area contributed by atoms with E-state index in [0.29, 0.717) is 0 Å². The summed E-state index contributed by atoms with van der Waals surface area (Å²) >= 11 is 0. The Bertz CT molecular complexity index is 659. The number of hydrogen-bond acceptors (Lipinski definition) is 3. The maximum atomic E-state index is 13.4. The molecule has 2 aromatic carbocycles. The van der Waals surface area contributed by atoms with E-state index < -0.39 is 17.6 Å². The Balaban J connectivity index is 2.13. The fourth-order valence-corrected chi connectivity index (χ4v) is 1.65. The summed E-state index contributed by atoms with van der Waals surface area (Å²) in [5.74, 6) is -2.80. The molecule has 0 atom stereocenters. The zero-order valence-electron chi connectivity index (χ0n) is 10.3. The predicted molar refractivity (Wildman–Crippen MR) is 68.5 cm³/mol. The molecular formula is C14H11F2NO3. The van der Waals surface area contributed by atoms with E-state index in [2.05, 4.69) is 0 Å². The van der Waals surface area contributed by atoms with Crippen molar-refractivity contribution in [1.82, 2.24) is 0 Å². The summed E-state index contributed by atoms with van der Waals surface area (Å²) in [6, 6.07) is 7.79. The van der Waals surface area contributed by atoms with Crippen LogP contribution in [0.3, 0.4) is 0 Å². The topological polar surface area (TPSA) is 72.5 Å². The minimum Gasteiger partial charge on any atom is -0.489 e. The van der Waals surface area contributed by atoms with E-state index in [1.807, 2.05) is 0 Å². The first-order valence-corrected chi connectivity index (χ1v) is 5.67. The van der Waals surface area contributed by atoms with Crippen LogP contribution in [0, 0.1) is 11.6 Å². The van der Waals surface area contributed by atoms with E-state index >= 15 is 0 Å². The van der Waals surface area contributed by atoms with Crippen LogP contribution in [0.25, 0.3) is 0 Å². The average molecular weight is 279 g/mol. The summed E-state index contributed by atoms with van der Waals surface area (Å²) in [4.78, 5) is 10.8. The highest BCUT2D eigenvalue weighted by atomic mass is 19.2. The summed E-state index contributed by atoms with van der Waals surface area (Å²) in [5, 5.41) is 8.82. The smallest absolute Gasteiger partial charge is 0.337 e. The molecule has 2 rings (SSSR count). The molecule has 6 heteroatoms. The molecule has 0 aliphatic rings. The van der Waals surface area contributed by atoms with Crippen molar-refractivity contribution in [2.45, 2.75) is 6.61 Å². The molecule has 0 aliphatic carbocycles. The first kappa shape index (κ1) is 13.8. The van der Waals surface area contributed by atoms with E-state index in [0.717, 1.165) is 6.07 Å². The van der Waals surface area contributed by atoms with Gasteiger partial charge in [0.2, 0.25) is 0 Å². The van der Waals surface area contributed by atoms with Gasteiger partial charge < -0.3 is 15.6 Å². The Labute approximate surface area is 113 Å². The number of nitrogens with two attached hydrogens (primary N) is 1. The molecule has 0 radical (unpaired) electrons. The maximum absolute atomic E-state index is 13.4. The van der Waals surface area contributed by atoms with Crippen molar-refractivity contribution in [1.29, 1.82) is 0 Å². The second-order valence-corrected chi connectivity index (χ2v) is 4.06. The van der Waals surface area contributed by atoms with Crippen LogP contribution in [0.15, 0.2) is 36.4 Å². The fourth-order valence-electron chi connectivity index (χ4n) is 1.65. The standard InChI is InChI=1S/C14H11F2NO3/c15-11-3-1-2-8(13(11)16)7-20-9-4-5-10(14(18)19)12(17)6-9/h1-6H,7,17H2,(H,18,19). The molecule has 3 N–H and O–H groups in total. The van der Waals surface area contributed by atoms with Gasteiger partial charge in [-0.25, -0.2) is 13.6 Å². The monoisotopic (exact) mass is 279 g/mol. The highest BCUT2D eigenvalue weighted by molar-refractivity contribution is 5.93. The van der Waals surface area contributed by atoms with E-state index in [1.54, 1.807) is 0 Å². The minimum absolute atomic E-state index is 0.0368. The van der Waals surface area contributed by atoms with Crippen molar-refractivity contribution in [2.24, 2.45) is 0 Å². The number of halogens is 2. The lowest BCUT2D eigenvalue weighted by atomic mass is 10.1. The normalized spacial score (nSPS) is 10.3. The maximum Gasteiger partial charge on any atom is 0.337 e. The van der Waals surface area contributed by atoms with Gasteiger partial charge in [0, 0.05) is 17.3 Å². The number of anilines is 1. The van der Waals surface area contributed by atoms with Crippen LogP contribution < -0.4 is 10.5 Å². The van der Waals surface area contributed by atoms with Crippen molar-refractivity contribution in [2.75, 3.05) is 5.73 Å². The van der Waals surface area contributed by atoms with Crippen LogP contribution in [0.4, 0.5) is 14.5 Å². The third kappa shape index (κ3) is 2.85. The predicted octanol–water partition coefficient (Wildman–Crippen LogP) is 2.82. The third-order valence-corrected chi connectivity index (χ3v) is 2.68. The van der Waals surface area contributed by atoms with E-state index in [1.165, 1.54) is 30.3 Å². The first-order chi connectivity index (χ1) is 9.49. The lowest BCUT2D eigenvalue weighted by Gasteiger charge is -2.09. The van der Waals surface area contributed by atoms with E-state index in [-0.39, 0.29) is 29.2 Å². The van der Waals surface area contributed by atoms with E-state index in [9.17, 15) is 13.6 Å². The van der Waals surface area contributed by atoms with Crippen LogP contribution in [0.2, 0.25) is 0 Å². The lowest BCUT2D eigenvalue weighted by Crippen LogP contribution is -2.04. The van der Waals surface area contributed by atoms with Crippen LogP contribution in [-0.4, -0.2) is 11.1 Å². The molecule has 0 saturated heterocycles. The van der Waals surface area contributed by atoms with Crippen molar-refractivity contribution in [3.63, 3.8) is 0 Å². The Morgan fingerprint density at radius 3 is 2.65 bits per heavy atom. The number of aromatic carboxylic acids is 1. The van der Waals surface area contributed by atoms with Gasteiger partial charge in [0.25, 0.3) is 0 Å². The quantitative estimate of drug-likeness (QED) is 0.844. The first-order valence-electron chi connectivity index (χ1n) is 5.67. The summed E-state index contributed by atoms with van der Waals surface area (Å²) in [5.41, 5.74) is 5.60. The summed E-state index contributed by atoms with van der Waals surface area (Å²) < 4.78 is 31.7.